The highest BCUT2D eigenvalue weighted by Crippen LogP contribution is 2.59. The fraction of sp³-hybridized carbons (Fsp3) is 0.333. The van der Waals surface area contributed by atoms with Crippen LogP contribution in [0.5, 0.6) is 5.75 Å². The van der Waals surface area contributed by atoms with E-state index < -0.39 is 85.2 Å². The summed E-state index contributed by atoms with van der Waals surface area (Å²) in [4.78, 5) is 25.5. The van der Waals surface area contributed by atoms with Crippen LogP contribution in [0.4, 0.5) is 17.6 Å². The number of rotatable bonds is 5. The summed E-state index contributed by atoms with van der Waals surface area (Å²) >= 11 is 0. The Hall–Kier alpha value is -3.77. The minimum absolute atomic E-state index is 0.608. The summed E-state index contributed by atoms with van der Waals surface area (Å²) in [6, 6.07) is 14.2. The molecule has 7 nitrogen and oxygen atoms in total. The van der Waals surface area contributed by atoms with Crippen molar-refractivity contribution in [2.24, 2.45) is 11.8 Å². The number of fused-ring (bicyclic) bond motifs is 1. The summed E-state index contributed by atoms with van der Waals surface area (Å²) < 4.78 is 101. The third kappa shape index (κ3) is 4.30. The number of benzene rings is 3. The van der Waals surface area contributed by atoms with E-state index in [4.69, 9.17) is 14.0 Å². The van der Waals surface area contributed by atoms with Gasteiger partial charge >= 0.3 is 22.1 Å². The summed E-state index contributed by atoms with van der Waals surface area (Å²) in [5, 5.41) is 0. The van der Waals surface area contributed by atoms with E-state index in [9.17, 15) is 35.6 Å². The Labute approximate surface area is 238 Å². The van der Waals surface area contributed by atoms with Crippen LogP contribution in [0.1, 0.15) is 66.7 Å². The predicted molar refractivity (Wildman–Crippen MR) is 138 cm³/mol. The molecule has 0 heterocycles. The standard InChI is InChI=1S/C30H24F4O7S/c1-30(12-6-7-13-30)41-29(36)21-19-16-10-4-2-8-14(16)18(15-9-3-5-11-17(15)19)20(21)28(35)40-26-22(31)24(33)27(42(37,38)39)25(34)23(26)32/h2-5,8-11,18-21H,6-7,12-13H2,1H3,(H,37,38,39). The summed E-state index contributed by atoms with van der Waals surface area (Å²) in [6.07, 6.45) is 2.90. The summed E-state index contributed by atoms with van der Waals surface area (Å²) in [7, 11) is -5.72. The largest absolute Gasteiger partial charge is 0.459 e. The minimum Gasteiger partial charge on any atom is -0.459 e. The molecular weight excluding hydrogens is 580 g/mol. The average Bonchev–Trinajstić information content (AvgIpc) is 3.38. The van der Waals surface area contributed by atoms with E-state index in [1.165, 1.54) is 0 Å². The maximum Gasteiger partial charge on any atom is 0.316 e. The number of carbonyl (C=O) groups excluding carboxylic acids is 2. The molecule has 2 unspecified atom stereocenters. The van der Waals surface area contributed by atoms with Crippen LogP contribution >= 0.6 is 0 Å². The number of carbonyl (C=O) groups is 2. The molecule has 0 aromatic heterocycles. The van der Waals surface area contributed by atoms with E-state index in [2.05, 4.69) is 0 Å². The number of ether oxygens (including phenoxy) is 2. The Morgan fingerprint density at radius 1 is 0.762 bits per heavy atom. The van der Waals surface area contributed by atoms with Crippen LogP contribution in [0.25, 0.3) is 0 Å². The van der Waals surface area contributed by atoms with Gasteiger partial charge in [-0.15, -0.1) is 0 Å². The van der Waals surface area contributed by atoms with E-state index in [0.717, 1.165) is 24.0 Å². The third-order valence-electron chi connectivity index (χ3n) is 8.63. The number of hydrogen-bond donors (Lipinski definition) is 1. The van der Waals surface area contributed by atoms with Crippen LogP contribution in [0, 0.1) is 35.1 Å². The lowest BCUT2D eigenvalue weighted by atomic mass is 9.54. The molecule has 0 amide bonds. The Bertz CT molecular complexity index is 1670. The van der Waals surface area contributed by atoms with E-state index in [0.29, 0.717) is 24.0 Å². The van der Waals surface area contributed by atoms with Crippen LogP contribution in [0.3, 0.4) is 0 Å². The molecule has 3 aromatic carbocycles. The number of esters is 2. The zero-order valence-electron chi connectivity index (χ0n) is 22.1. The van der Waals surface area contributed by atoms with Crippen molar-refractivity contribution in [2.75, 3.05) is 0 Å². The van der Waals surface area contributed by atoms with Crippen LogP contribution < -0.4 is 4.74 Å². The van der Waals surface area contributed by atoms with E-state index >= 15 is 0 Å². The van der Waals surface area contributed by atoms with Crippen LogP contribution in [0.15, 0.2) is 53.4 Å². The zero-order chi connectivity index (χ0) is 30.1. The third-order valence-corrected chi connectivity index (χ3v) is 9.51. The molecule has 4 aliphatic rings. The molecule has 0 spiro atoms. The Morgan fingerprint density at radius 2 is 1.17 bits per heavy atom. The molecule has 42 heavy (non-hydrogen) atoms. The van der Waals surface area contributed by atoms with Crippen molar-refractivity contribution in [2.45, 2.75) is 54.9 Å². The van der Waals surface area contributed by atoms with Gasteiger partial charge in [0.05, 0.1) is 11.8 Å². The first-order valence-electron chi connectivity index (χ1n) is 13.3. The van der Waals surface area contributed by atoms with Crippen LogP contribution in [0.2, 0.25) is 0 Å². The normalized spacial score (nSPS) is 23.7. The highest BCUT2D eigenvalue weighted by molar-refractivity contribution is 7.85. The monoisotopic (exact) mass is 604 g/mol. The van der Waals surface area contributed by atoms with Gasteiger partial charge in [-0.3, -0.25) is 14.1 Å². The summed E-state index contributed by atoms with van der Waals surface area (Å²) in [6.45, 7) is 1.79. The molecule has 3 aromatic rings. The average molecular weight is 605 g/mol. The topological polar surface area (TPSA) is 107 Å². The van der Waals surface area contributed by atoms with Gasteiger partial charge in [0.1, 0.15) is 5.60 Å². The molecule has 1 fully saturated rings. The Balaban J connectivity index is 1.49. The first-order valence-corrected chi connectivity index (χ1v) is 14.7. The van der Waals surface area contributed by atoms with Crippen molar-refractivity contribution in [1.82, 2.24) is 0 Å². The van der Waals surface area contributed by atoms with E-state index in [1.807, 2.05) is 12.1 Å². The van der Waals surface area contributed by atoms with Gasteiger partial charge in [-0.25, -0.2) is 8.78 Å². The molecule has 7 rings (SSSR count). The second-order valence-corrected chi connectivity index (χ2v) is 12.5. The lowest BCUT2D eigenvalue weighted by Gasteiger charge is -2.48. The van der Waals surface area contributed by atoms with Gasteiger partial charge in [0.15, 0.2) is 16.5 Å². The van der Waals surface area contributed by atoms with Crippen LogP contribution in [-0.2, 0) is 24.4 Å². The number of hydrogen-bond acceptors (Lipinski definition) is 6. The van der Waals surface area contributed by atoms with Gasteiger partial charge in [-0.05, 0) is 54.9 Å². The second kappa shape index (κ2) is 9.91. The fourth-order valence-corrected chi connectivity index (χ4v) is 7.49. The predicted octanol–water partition coefficient (Wildman–Crippen LogP) is 5.79. The van der Waals surface area contributed by atoms with Gasteiger partial charge in [0.25, 0.3) is 0 Å². The molecule has 12 heteroatoms. The maximum atomic E-state index is 14.9. The van der Waals surface area contributed by atoms with Crippen molar-refractivity contribution in [3.63, 3.8) is 0 Å². The molecule has 1 N–H and O–H groups in total. The van der Waals surface area contributed by atoms with Crippen molar-refractivity contribution >= 4 is 22.1 Å². The Kier molecular flexibility index (Phi) is 6.69. The first kappa shape index (κ1) is 28.4. The van der Waals surface area contributed by atoms with Gasteiger partial charge < -0.3 is 9.47 Å². The van der Waals surface area contributed by atoms with Gasteiger partial charge in [0, 0.05) is 11.8 Å². The van der Waals surface area contributed by atoms with Crippen molar-refractivity contribution in [3.05, 3.63) is 94.1 Å². The molecule has 0 aliphatic heterocycles. The van der Waals surface area contributed by atoms with Gasteiger partial charge in [-0.2, -0.15) is 17.2 Å². The Morgan fingerprint density at radius 3 is 1.57 bits per heavy atom. The minimum atomic E-state index is -5.72. The molecule has 2 bridgehead atoms. The highest BCUT2D eigenvalue weighted by atomic mass is 32.2. The molecule has 4 aliphatic carbocycles. The van der Waals surface area contributed by atoms with Crippen molar-refractivity contribution in [3.8, 4) is 5.75 Å². The zero-order valence-corrected chi connectivity index (χ0v) is 22.9. The van der Waals surface area contributed by atoms with Gasteiger partial charge in [0.2, 0.25) is 17.4 Å². The van der Waals surface area contributed by atoms with Crippen LogP contribution in [-0.4, -0.2) is 30.5 Å². The summed E-state index contributed by atoms with van der Waals surface area (Å²) in [5.74, 6) is -17.7. The van der Waals surface area contributed by atoms with Crippen molar-refractivity contribution in [1.29, 1.82) is 0 Å². The lowest BCUT2D eigenvalue weighted by Crippen LogP contribution is -2.50. The lowest BCUT2D eigenvalue weighted by molar-refractivity contribution is -0.170. The fourth-order valence-electron chi connectivity index (χ4n) is 6.86. The molecule has 220 valence electrons. The summed E-state index contributed by atoms with van der Waals surface area (Å²) in [5.41, 5.74) is 2.07. The molecule has 1 saturated carbocycles. The van der Waals surface area contributed by atoms with Crippen molar-refractivity contribution < 1.29 is 49.6 Å². The first-order chi connectivity index (χ1) is 19.8. The molecular formula is C30H24F4O7S. The van der Waals surface area contributed by atoms with E-state index in [-0.39, 0.29) is 0 Å². The van der Waals surface area contributed by atoms with Gasteiger partial charge in [-0.1, -0.05) is 48.5 Å². The quantitative estimate of drug-likeness (QED) is 0.129. The highest BCUT2D eigenvalue weighted by Gasteiger charge is 2.57. The number of halogens is 4. The smallest absolute Gasteiger partial charge is 0.316 e. The van der Waals surface area contributed by atoms with E-state index in [1.54, 1.807) is 43.3 Å². The maximum absolute atomic E-state index is 14.9. The molecule has 2 atom stereocenters. The SMILES string of the molecule is CC1(OC(=O)C2C3c4ccccc4C(c4ccccc43)C2C(=O)Oc2c(F)c(F)c(S(=O)(=O)O)c(F)c2F)CCCC1. The molecule has 0 saturated heterocycles. The molecule has 0 radical (unpaired) electrons. The second-order valence-electron chi connectivity index (χ2n) is 11.2.